The Morgan fingerprint density at radius 2 is 1.91 bits per heavy atom. The second-order valence-corrected chi connectivity index (χ2v) is 5.99. The van der Waals surface area contributed by atoms with Gasteiger partial charge >= 0.3 is 0 Å². The highest BCUT2D eigenvalue weighted by Crippen LogP contribution is 2.48. The maximum absolute atomic E-state index is 11.7. The van der Waals surface area contributed by atoms with E-state index < -0.39 is 0 Å². The van der Waals surface area contributed by atoms with Crippen LogP contribution in [0, 0.1) is 12.8 Å². The lowest BCUT2D eigenvalue weighted by molar-refractivity contribution is -0.110. The summed E-state index contributed by atoms with van der Waals surface area (Å²) < 4.78 is 5.91. The molecule has 0 fully saturated rings. The molecular formula is C20H16O3. The van der Waals surface area contributed by atoms with E-state index in [0.717, 1.165) is 5.56 Å². The van der Waals surface area contributed by atoms with Gasteiger partial charge in [0, 0.05) is 29.5 Å². The summed E-state index contributed by atoms with van der Waals surface area (Å²) in [6.45, 7) is 2.09. The molecule has 0 bridgehead atoms. The lowest BCUT2D eigenvalue weighted by atomic mass is 9.75. The summed E-state index contributed by atoms with van der Waals surface area (Å²) in [7, 11) is 0. The number of hydrogen-bond donors (Lipinski definition) is 1. The molecule has 2 unspecified atom stereocenters. The van der Waals surface area contributed by atoms with Crippen LogP contribution in [0.5, 0.6) is 11.5 Å². The number of carbonyl (C=O) groups is 1. The molecule has 23 heavy (non-hydrogen) atoms. The molecule has 0 aromatic heterocycles. The zero-order valence-electron chi connectivity index (χ0n) is 12.7. The SMILES string of the molecule is Cc1ccccc1C1c2ccc(O)cc2OC2=CC(=O)C=CC21. The van der Waals surface area contributed by atoms with Gasteiger partial charge in [0.1, 0.15) is 17.3 Å². The van der Waals surface area contributed by atoms with Gasteiger partial charge < -0.3 is 9.84 Å². The number of allylic oxidation sites excluding steroid dienone is 3. The highest BCUT2D eigenvalue weighted by Gasteiger charge is 2.36. The first-order valence-electron chi connectivity index (χ1n) is 7.63. The van der Waals surface area contributed by atoms with Crippen molar-refractivity contribution in [2.75, 3.05) is 0 Å². The minimum Gasteiger partial charge on any atom is -0.508 e. The van der Waals surface area contributed by atoms with Crippen molar-refractivity contribution in [2.24, 2.45) is 5.92 Å². The minimum absolute atomic E-state index is 0.00848. The first-order valence-corrected chi connectivity index (χ1v) is 7.63. The number of aromatic hydroxyl groups is 1. The molecule has 2 aromatic rings. The van der Waals surface area contributed by atoms with Gasteiger partial charge in [-0.2, -0.15) is 0 Å². The number of benzene rings is 2. The minimum atomic E-state index is -0.0663. The number of rotatable bonds is 1. The van der Waals surface area contributed by atoms with Crippen molar-refractivity contribution in [3.8, 4) is 11.5 Å². The van der Waals surface area contributed by atoms with Gasteiger partial charge in [-0.25, -0.2) is 0 Å². The van der Waals surface area contributed by atoms with Crippen molar-refractivity contribution in [1.29, 1.82) is 0 Å². The van der Waals surface area contributed by atoms with Gasteiger partial charge in [0.05, 0.1) is 0 Å². The van der Waals surface area contributed by atoms with Crippen LogP contribution in [0.15, 0.2) is 66.5 Å². The number of phenolic OH excluding ortho intramolecular Hbond substituents is 1. The third kappa shape index (κ3) is 2.25. The lowest BCUT2D eigenvalue weighted by Gasteiger charge is -2.35. The zero-order chi connectivity index (χ0) is 16.0. The van der Waals surface area contributed by atoms with Gasteiger partial charge in [-0.15, -0.1) is 0 Å². The topological polar surface area (TPSA) is 46.5 Å². The Morgan fingerprint density at radius 1 is 1.09 bits per heavy atom. The summed E-state index contributed by atoms with van der Waals surface area (Å²) in [4.78, 5) is 11.7. The van der Waals surface area contributed by atoms with Crippen molar-refractivity contribution in [1.82, 2.24) is 0 Å². The van der Waals surface area contributed by atoms with Crippen molar-refractivity contribution in [2.45, 2.75) is 12.8 Å². The predicted molar refractivity (Wildman–Crippen MR) is 87.5 cm³/mol. The molecule has 0 radical (unpaired) electrons. The quantitative estimate of drug-likeness (QED) is 0.870. The molecule has 1 aliphatic heterocycles. The van der Waals surface area contributed by atoms with E-state index in [2.05, 4.69) is 19.1 Å². The maximum atomic E-state index is 11.7. The Bertz CT molecular complexity index is 861. The largest absolute Gasteiger partial charge is 0.508 e. The van der Waals surface area contributed by atoms with Gasteiger partial charge in [-0.3, -0.25) is 4.79 Å². The van der Waals surface area contributed by atoms with Gasteiger partial charge in [0.15, 0.2) is 5.78 Å². The highest BCUT2D eigenvalue weighted by atomic mass is 16.5. The lowest BCUT2D eigenvalue weighted by Crippen LogP contribution is -2.26. The number of phenols is 1. The first-order chi connectivity index (χ1) is 11.1. The molecule has 1 N–H and O–H groups in total. The molecular weight excluding hydrogens is 288 g/mol. The Hall–Kier alpha value is -2.81. The fraction of sp³-hybridized carbons (Fsp3) is 0.150. The third-order valence-electron chi connectivity index (χ3n) is 4.52. The number of aryl methyl sites for hydroxylation is 1. The molecule has 2 aliphatic rings. The molecule has 1 aliphatic carbocycles. The second-order valence-electron chi connectivity index (χ2n) is 5.99. The van der Waals surface area contributed by atoms with Crippen LogP contribution in [0.2, 0.25) is 0 Å². The van der Waals surface area contributed by atoms with Crippen LogP contribution in [0.1, 0.15) is 22.6 Å². The molecule has 0 amide bonds. The Kier molecular flexibility index (Phi) is 3.08. The number of fused-ring (bicyclic) bond motifs is 2. The summed E-state index contributed by atoms with van der Waals surface area (Å²) >= 11 is 0. The van der Waals surface area contributed by atoms with Crippen molar-refractivity contribution in [3.63, 3.8) is 0 Å². The van der Waals surface area contributed by atoms with E-state index in [1.165, 1.54) is 11.1 Å². The van der Waals surface area contributed by atoms with Crippen molar-refractivity contribution >= 4 is 5.78 Å². The molecule has 0 saturated carbocycles. The second kappa shape index (κ2) is 5.13. The molecule has 2 aromatic carbocycles. The number of carbonyl (C=O) groups excluding carboxylic acids is 1. The van der Waals surface area contributed by atoms with Crippen LogP contribution in [0.3, 0.4) is 0 Å². The Labute approximate surface area is 134 Å². The predicted octanol–water partition coefficient (Wildman–Crippen LogP) is 3.86. The van der Waals surface area contributed by atoms with Gasteiger partial charge in [0.25, 0.3) is 0 Å². The van der Waals surface area contributed by atoms with E-state index in [0.29, 0.717) is 11.5 Å². The normalized spacial score (nSPS) is 22.0. The van der Waals surface area contributed by atoms with Crippen LogP contribution in [0.25, 0.3) is 0 Å². The number of ketones is 1. The maximum Gasteiger partial charge on any atom is 0.181 e. The average molecular weight is 304 g/mol. The van der Waals surface area contributed by atoms with Gasteiger partial charge in [-0.05, 0) is 30.2 Å². The molecule has 4 rings (SSSR count). The van der Waals surface area contributed by atoms with Crippen LogP contribution in [0.4, 0.5) is 0 Å². The van der Waals surface area contributed by atoms with E-state index in [4.69, 9.17) is 4.74 Å². The summed E-state index contributed by atoms with van der Waals surface area (Å²) in [5.74, 6) is 1.40. The van der Waals surface area contributed by atoms with Gasteiger partial charge in [0.2, 0.25) is 0 Å². The van der Waals surface area contributed by atoms with Crippen LogP contribution in [-0.2, 0) is 4.79 Å². The highest BCUT2D eigenvalue weighted by molar-refractivity contribution is 6.00. The molecule has 0 spiro atoms. The van der Waals surface area contributed by atoms with E-state index >= 15 is 0 Å². The average Bonchev–Trinajstić information content (AvgIpc) is 2.53. The molecule has 0 saturated heterocycles. The van der Waals surface area contributed by atoms with Crippen LogP contribution >= 0.6 is 0 Å². The van der Waals surface area contributed by atoms with E-state index in [-0.39, 0.29) is 23.4 Å². The Balaban J connectivity index is 1.95. The van der Waals surface area contributed by atoms with Crippen LogP contribution in [-0.4, -0.2) is 10.9 Å². The first kappa shape index (κ1) is 13.8. The van der Waals surface area contributed by atoms with E-state index in [1.807, 2.05) is 24.3 Å². The molecule has 114 valence electrons. The summed E-state index contributed by atoms with van der Waals surface area (Å²) in [6.07, 6.45) is 5.07. The summed E-state index contributed by atoms with van der Waals surface area (Å²) in [6, 6.07) is 13.4. The van der Waals surface area contributed by atoms with Crippen LogP contribution < -0.4 is 4.74 Å². The fourth-order valence-corrected chi connectivity index (χ4v) is 3.44. The summed E-state index contributed by atoms with van der Waals surface area (Å²) in [5, 5.41) is 9.77. The zero-order valence-corrected chi connectivity index (χ0v) is 12.7. The van der Waals surface area contributed by atoms with Gasteiger partial charge in [-0.1, -0.05) is 36.4 Å². The molecule has 3 heteroatoms. The standard InChI is InChI=1S/C20H16O3/c1-12-4-2-3-5-15(12)20-16-8-6-13(21)10-18(16)23-19-11-14(22)7-9-17(19)20/h2-11,16,20,22H,1H3. The third-order valence-corrected chi connectivity index (χ3v) is 4.52. The fourth-order valence-electron chi connectivity index (χ4n) is 3.44. The summed E-state index contributed by atoms with van der Waals surface area (Å²) in [5.41, 5.74) is 3.43. The van der Waals surface area contributed by atoms with Crippen molar-refractivity contribution < 1.29 is 14.6 Å². The monoisotopic (exact) mass is 304 g/mol. The van der Waals surface area contributed by atoms with Crippen molar-refractivity contribution in [3.05, 3.63) is 83.1 Å². The number of hydrogen-bond acceptors (Lipinski definition) is 3. The molecule has 2 atom stereocenters. The Morgan fingerprint density at radius 3 is 2.74 bits per heavy atom. The van der Waals surface area contributed by atoms with E-state index in [1.54, 1.807) is 24.3 Å². The smallest absolute Gasteiger partial charge is 0.181 e. The van der Waals surface area contributed by atoms with E-state index in [9.17, 15) is 9.90 Å². The number of ether oxygens (including phenoxy) is 1. The molecule has 1 heterocycles. The molecule has 3 nitrogen and oxygen atoms in total.